The summed E-state index contributed by atoms with van der Waals surface area (Å²) in [6, 6.07) is 0. The Balaban J connectivity index is -0.00000264. The summed E-state index contributed by atoms with van der Waals surface area (Å²) in [4.78, 5) is 10.2. The van der Waals surface area contributed by atoms with Crippen molar-refractivity contribution in [2.75, 3.05) is 0 Å². The molecule has 0 aromatic carbocycles. The molecule has 0 aliphatic carbocycles. The third-order valence-corrected chi connectivity index (χ3v) is 3.35. The summed E-state index contributed by atoms with van der Waals surface area (Å²) in [5.41, 5.74) is 0. The molecule has 0 radical (unpaired) electrons. The van der Waals surface area contributed by atoms with Crippen LogP contribution >= 0.6 is 0 Å². The number of rotatable bonds is 14. The Bertz CT molecular complexity index is 475. The Hall–Kier alpha value is -1.09. The average Bonchev–Trinajstić information content (AvgIpc) is 2.56. The first-order valence-electron chi connectivity index (χ1n) is 9.00. The Morgan fingerprint density at radius 2 is 1.16 bits per heavy atom. The molecule has 0 unspecified atom stereocenters. The van der Waals surface area contributed by atoms with Crippen molar-refractivity contribution in [3.63, 3.8) is 0 Å². The van der Waals surface area contributed by atoms with E-state index in [-0.39, 0.29) is 31.0 Å². The molecule has 0 spiro atoms. The number of carboxylic acid groups (broad SMARTS) is 1. The molecule has 0 heterocycles. The van der Waals surface area contributed by atoms with Gasteiger partial charge in [-0.1, -0.05) is 112 Å². The molecule has 0 atom stereocenters. The van der Waals surface area contributed by atoms with E-state index in [0.29, 0.717) is 0 Å². The Morgan fingerprint density at radius 3 is 1.68 bits per heavy atom. The molecule has 1 N–H and O–H groups in total. The quantitative estimate of drug-likeness (QED) is 0.224. The van der Waals surface area contributed by atoms with E-state index >= 15 is 0 Å². The van der Waals surface area contributed by atoms with Crippen molar-refractivity contribution >= 4 is 5.97 Å². The van der Waals surface area contributed by atoms with E-state index in [1.165, 1.54) is 51.0 Å². The molecule has 0 saturated heterocycles. The van der Waals surface area contributed by atoms with Crippen LogP contribution in [0.15, 0.2) is 72.9 Å². The van der Waals surface area contributed by atoms with Gasteiger partial charge in [0.25, 0.3) is 0 Å². The molecule has 0 aromatic rings. The van der Waals surface area contributed by atoms with Gasteiger partial charge in [-0.3, -0.25) is 0 Å². The molecule has 0 fully saturated rings. The fourth-order valence-corrected chi connectivity index (χ4v) is 2.05. The summed E-state index contributed by atoms with van der Waals surface area (Å²) in [5.74, 6) is -0.936. The number of carboxylic acids is 1. The normalized spacial score (nSPS) is 12.5. The smallest absolute Gasteiger partial charge is 1.00 e. The maximum atomic E-state index is 10.2. The van der Waals surface area contributed by atoms with Crippen LogP contribution in [-0.4, -0.2) is 11.1 Å². The van der Waals surface area contributed by atoms with E-state index < -0.39 is 5.97 Å². The number of carbonyl (C=O) groups is 1. The summed E-state index contributed by atoms with van der Waals surface area (Å²) in [5, 5.41) is 8.39. The minimum Gasteiger partial charge on any atom is -1.00 e. The molecule has 2 nitrogen and oxygen atoms in total. The van der Waals surface area contributed by atoms with Gasteiger partial charge >= 0.3 is 35.5 Å². The van der Waals surface area contributed by atoms with E-state index in [9.17, 15) is 4.79 Å². The van der Waals surface area contributed by atoms with E-state index in [1.807, 2.05) is 36.5 Å². The van der Waals surface area contributed by atoms with Crippen LogP contribution in [0.3, 0.4) is 0 Å². The van der Waals surface area contributed by atoms with Gasteiger partial charge in [0.05, 0.1) is 0 Å². The first-order chi connectivity index (χ1) is 11.8. The zero-order chi connectivity index (χ0) is 17.7. The van der Waals surface area contributed by atoms with Crippen LogP contribution in [0.25, 0.3) is 0 Å². The molecule has 25 heavy (non-hydrogen) atoms. The van der Waals surface area contributed by atoms with Crippen molar-refractivity contribution in [2.24, 2.45) is 0 Å². The summed E-state index contributed by atoms with van der Waals surface area (Å²) in [7, 11) is 0. The van der Waals surface area contributed by atoms with Gasteiger partial charge < -0.3 is 6.53 Å². The van der Waals surface area contributed by atoms with Crippen molar-refractivity contribution < 1.29 is 40.9 Å². The predicted molar refractivity (Wildman–Crippen MR) is 106 cm³/mol. The molecule has 0 bridgehead atoms. The third kappa shape index (κ3) is 25.3. The summed E-state index contributed by atoms with van der Waals surface area (Å²) in [6.07, 6.45) is 32.7. The summed E-state index contributed by atoms with van der Waals surface area (Å²) < 4.78 is 0. The zero-order valence-corrected chi connectivity index (χ0v) is 17.9. The molecule has 134 valence electrons. The average molecular weight is 352 g/mol. The number of unbranched alkanes of at least 4 members (excludes halogenated alkanes) is 7. The van der Waals surface area contributed by atoms with Crippen molar-refractivity contribution in [3.05, 3.63) is 72.9 Å². The van der Waals surface area contributed by atoms with Crippen molar-refractivity contribution in [1.82, 2.24) is 0 Å². The minimum absolute atomic E-state index is 0. The van der Waals surface area contributed by atoms with Crippen LogP contribution < -0.4 is 29.6 Å². The maximum absolute atomic E-state index is 10.2. The second-order valence-electron chi connectivity index (χ2n) is 5.58. The second-order valence-corrected chi connectivity index (χ2v) is 5.58. The molecule has 0 amide bonds. The van der Waals surface area contributed by atoms with E-state index in [1.54, 1.807) is 12.2 Å². The molecular weight excluding hydrogens is 319 g/mol. The molecule has 0 aromatic heterocycles. The van der Waals surface area contributed by atoms with Crippen LogP contribution in [0.4, 0.5) is 0 Å². The van der Waals surface area contributed by atoms with Crippen LogP contribution in [0.5, 0.6) is 0 Å². The van der Waals surface area contributed by atoms with Crippen molar-refractivity contribution in [2.45, 2.75) is 58.3 Å². The fraction of sp³-hybridized carbons (Fsp3) is 0.409. The van der Waals surface area contributed by atoms with Crippen molar-refractivity contribution in [1.29, 1.82) is 0 Å². The van der Waals surface area contributed by atoms with Crippen LogP contribution in [-0.2, 0) is 4.79 Å². The monoisotopic (exact) mass is 352 g/mol. The van der Waals surface area contributed by atoms with E-state index in [4.69, 9.17) is 5.11 Å². The van der Waals surface area contributed by atoms with Gasteiger partial charge in [0.1, 0.15) is 0 Å². The Labute approximate surface area is 177 Å². The standard InChI is InChI=1S/C22H32O2.Na.H/c1-2-3-4-5-6-7-8-9-10-11-12-13-14-15-16-17-18-19-20-21-22(23)24;;/h10-21H,2-9H2,1H3,(H,23,24);;/q;+1;-1/b11-10+,13-12+,15-14+,17-16+,19-18+,21-20+;;. The zero-order valence-electron chi connectivity index (χ0n) is 16.9. The van der Waals surface area contributed by atoms with Crippen LogP contribution in [0.2, 0.25) is 0 Å². The van der Waals surface area contributed by atoms with Gasteiger partial charge in [0, 0.05) is 6.08 Å². The van der Waals surface area contributed by atoms with E-state index in [0.717, 1.165) is 12.5 Å². The molecule has 0 aliphatic heterocycles. The number of hydrogen-bond acceptors (Lipinski definition) is 1. The fourth-order valence-electron chi connectivity index (χ4n) is 2.05. The van der Waals surface area contributed by atoms with Gasteiger partial charge in [-0.15, -0.1) is 0 Å². The Kier molecular flexibility index (Phi) is 24.0. The van der Waals surface area contributed by atoms with Gasteiger partial charge in [-0.25, -0.2) is 4.79 Å². The number of hydrogen-bond donors (Lipinski definition) is 1. The first kappa shape index (κ1) is 26.1. The van der Waals surface area contributed by atoms with Gasteiger partial charge in [-0.2, -0.15) is 0 Å². The molecular formula is C22H33NaO2. The number of allylic oxidation sites excluding steroid dienone is 11. The SMILES string of the molecule is CCCCCCCCC/C=C/C=C/C=C/C=C/C=C/C=C/C(=O)O.[H-].[Na+]. The maximum Gasteiger partial charge on any atom is 1.00 e. The first-order valence-corrected chi connectivity index (χ1v) is 9.00. The second kappa shape index (κ2) is 22.9. The predicted octanol–water partition coefficient (Wildman–Crippen LogP) is 3.67. The van der Waals surface area contributed by atoms with Crippen molar-refractivity contribution in [3.8, 4) is 0 Å². The summed E-state index contributed by atoms with van der Waals surface area (Å²) >= 11 is 0. The summed E-state index contributed by atoms with van der Waals surface area (Å²) in [6.45, 7) is 2.25. The largest absolute Gasteiger partial charge is 1.00 e. The number of aliphatic carboxylic acids is 1. The molecule has 0 rings (SSSR count). The van der Waals surface area contributed by atoms with E-state index in [2.05, 4.69) is 19.1 Å². The van der Waals surface area contributed by atoms with Gasteiger partial charge in [-0.05, 0) is 12.8 Å². The Morgan fingerprint density at radius 1 is 0.720 bits per heavy atom. The topological polar surface area (TPSA) is 37.3 Å². The third-order valence-electron chi connectivity index (χ3n) is 3.35. The molecule has 3 heteroatoms. The van der Waals surface area contributed by atoms with Crippen LogP contribution in [0.1, 0.15) is 59.7 Å². The molecule has 0 saturated carbocycles. The minimum atomic E-state index is -0.936. The van der Waals surface area contributed by atoms with Gasteiger partial charge in [0.2, 0.25) is 0 Å². The van der Waals surface area contributed by atoms with Crippen LogP contribution in [0, 0.1) is 0 Å². The molecule has 0 aliphatic rings. The van der Waals surface area contributed by atoms with Gasteiger partial charge in [0.15, 0.2) is 0 Å².